The summed E-state index contributed by atoms with van der Waals surface area (Å²) in [7, 11) is 0. The van der Waals surface area contributed by atoms with Crippen LogP contribution in [0.2, 0.25) is 0 Å². The summed E-state index contributed by atoms with van der Waals surface area (Å²) in [6.07, 6.45) is 4.46. The van der Waals surface area contributed by atoms with E-state index in [2.05, 4.69) is 24.0 Å². The maximum atomic E-state index is 9.21. The highest BCUT2D eigenvalue weighted by molar-refractivity contribution is 5.81. The minimum atomic E-state index is 0.146. The van der Waals surface area contributed by atoms with Gasteiger partial charge in [-0.3, -0.25) is 4.98 Å². The first kappa shape index (κ1) is 12.5. The molecule has 0 radical (unpaired) electrons. The minimum Gasteiger partial charge on any atom is -0.396 e. The first-order valence-electron chi connectivity index (χ1n) is 6.09. The van der Waals surface area contributed by atoms with Crippen LogP contribution < -0.4 is 0 Å². The van der Waals surface area contributed by atoms with E-state index in [1.54, 1.807) is 6.20 Å². The Labute approximate surface area is 108 Å². The van der Waals surface area contributed by atoms with Crippen molar-refractivity contribution < 1.29 is 5.11 Å². The monoisotopic (exact) mass is 239 g/mol. The van der Waals surface area contributed by atoms with Crippen LogP contribution in [0.1, 0.15) is 23.2 Å². The summed E-state index contributed by atoms with van der Waals surface area (Å²) in [4.78, 5) is 4.30. The molecule has 0 aliphatic rings. The molecule has 1 aromatic heterocycles. The Bertz CT molecular complexity index is 532. The highest BCUT2D eigenvalue weighted by Crippen LogP contribution is 2.23. The summed E-state index contributed by atoms with van der Waals surface area (Å²) >= 11 is 0. The van der Waals surface area contributed by atoms with Gasteiger partial charge < -0.3 is 5.11 Å². The van der Waals surface area contributed by atoms with E-state index >= 15 is 0 Å². The fraction of sp³-hybridized carbons (Fsp3) is 0.188. The van der Waals surface area contributed by atoms with Crippen LogP contribution in [0, 0.1) is 6.92 Å². The lowest BCUT2D eigenvalue weighted by Gasteiger charge is -2.09. The third-order valence-electron chi connectivity index (χ3n) is 2.88. The van der Waals surface area contributed by atoms with Crippen LogP contribution in [0.15, 0.2) is 48.7 Å². The number of aromatic nitrogens is 1. The normalized spacial score (nSPS) is 11.6. The van der Waals surface area contributed by atoms with Crippen molar-refractivity contribution in [2.75, 3.05) is 6.61 Å². The summed E-state index contributed by atoms with van der Waals surface area (Å²) in [5.74, 6) is 0. The molecular formula is C16H17NO. The van der Waals surface area contributed by atoms with Crippen molar-refractivity contribution in [2.24, 2.45) is 0 Å². The van der Waals surface area contributed by atoms with Gasteiger partial charge in [0.1, 0.15) is 0 Å². The molecule has 0 unspecified atom stereocenters. The van der Waals surface area contributed by atoms with Gasteiger partial charge >= 0.3 is 0 Å². The number of aryl methyl sites for hydroxylation is 1. The lowest BCUT2D eigenvalue weighted by atomic mass is 9.97. The topological polar surface area (TPSA) is 33.1 Å². The number of hydrogen-bond acceptors (Lipinski definition) is 2. The van der Waals surface area contributed by atoms with Crippen molar-refractivity contribution in [1.82, 2.24) is 4.98 Å². The molecule has 0 amide bonds. The predicted octanol–water partition coefficient (Wildman–Crippen LogP) is 3.31. The first-order chi connectivity index (χ1) is 8.81. The van der Waals surface area contributed by atoms with E-state index in [-0.39, 0.29) is 6.61 Å². The van der Waals surface area contributed by atoms with Crippen molar-refractivity contribution in [1.29, 1.82) is 0 Å². The van der Waals surface area contributed by atoms with Gasteiger partial charge in [-0.15, -0.1) is 0 Å². The second-order valence-corrected chi connectivity index (χ2v) is 4.21. The first-order valence-corrected chi connectivity index (χ1v) is 6.09. The zero-order valence-electron chi connectivity index (χ0n) is 10.5. The van der Waals surface area contributed by atoms with E-state index in [1.165, 1.54) is 11.1 Å². The molecule has 2 heteroatoms. The van der Waals surface area contributed by atoms with Gasteiger partial charge in [-0.1, -0.05) is 30.3 Å². The number of rotatable bonds is 4. The molecule has 1 heterocycles. The van der Waals surface area contributed by atoms with Crippen molar-refractivity contribution in [3.8, 4) is 0 Å². The number of aliphatic hydroxyl groups is 1. The number of nitrogens with zero attached hydrogens (tertiary/aromatic N) is 1. The highest BCUT2D eigenvalue weighted by atomic mass is 16.2. The van der Waals surface area contributed by atoms with Gasteiger partial charge in [-0.2, -0.15) is 0 Å². The van der Waals surface area contributed by atoms with Gasteiger partial charge in [0.25, 0.3) is 0 Å². The smallest absolute Gasteiger partial charge is 0.0632 e. The van der Waals surface area contributed by atoms with Crippen LogP contribution in [0.25, 0.3) is 11.6 Å². The molecule has 1 aromatic carbocycles. The maximum Gasteiger partial charge on any atom is 0.0632 e. The molecule has 0 atom stereocenters. The van der Waals surface area contributed by atoms with Gasteiger partial charge in [0.05, 0.1) is 5.69 Å². The molecule has 0 spiro atoms. The molecule has 0 saturated carbocycles. The average Bonchev–Trinajstić information content (AvgIpc) is 2.40. The Morgan fingerprint density at radius 1 is 1.17 bits per heavy atom. The van der Waals surface area contributed by atoms with E-state index in [1.807, 2.05) is 36.4 Å². The molecule has 2 nitrogen and oxygen atoms in total. The van der Waals surface area contributed by atoms with Crippen molar-refractivity contribution in [3.05, 3.63) is 65.5 Å². The Balaban J connectivity index is 2.41. The SMILES string of the molecule is Cc1ccccc1/C(=C\c1ccccn1)CCO. The number of pyridine rings is 1. The second-order valence-electron chi connectivity index (χ2n) is 4.21. The number of benzene rings is 1. The lowest BCUT2D eigenvalue weighted by molar-refractivity contribution is 0.305. The van der Waals surface area contributed by atoms with Crippen LogP contribution in [-0.2, 0) is 0 Å². The van der Waals surface area contributed by atoms with Crippen LogP contribution in [0.3, 0.4) is 0 Å². The molecule has 2 aromatic rings. The lowest BCUT2D eigenvalue weighted by Crippen LogP contribution is -1.93. The van der Waals surface area contributed by atoms with E-state index < -0.39 is 0 Å². The molecule has 0 aliphatic carbocycles. The van der Waals surface area contributed by atoms with Crippen LogP contribution in [-0.4, -0.2) is 16.7 Å². The number of hydrogen-bond donors (Lipinski definition) is 1. The Morgan fingerprint density at radius 3 is 2.61 bits per heavy atom. The second kappa shape index (κ2) is 6.12. The van der Waals surface area contributed by atoms with Crippen molar-refractivity contribution in [2.45, 2.75) is 13.3 Å². The number of aliphatic hydroxyl groups excluding tert-OH is 1. The minimum absolute atomic E-state index is 0.146. The van der Waals surface area contributed by atoms with Crippen LogP contribution in [0.4, 0.5) is 0 Å². The summed E-state index contributed by atoms with van der Waals surface area (Å²) in [6.45, 7) is 2.23. The van der Waals surface area contributed by atoms with E-state index in [0.717, 1.165) is 11.3 Å². The molecule has 0 aliphatic heterocycles. The van der Waals surface area contributed by atoms with Gasteiger partial charge in [0.15, 0.2) is 0 Å². The van der Waals surface area contributed by atoms with Crippen LogP contribution >= 0.6 is 0 Å². The third kappa shape index (κ3) is 3.05. The van der Waals surface area contributed by atoms with Gasteiger partial charge in [0.2, 0.25) is 0 Å². The quantitative estimate of drug-likeness (QED) is 0.888. The molecule has 0 fully saturated rings. The van der Waals surface area contributed by atoms with Crippen LogP contribution in [0.5, 0.6) is 0 Å². The van der Waals surface area contributed by atoms with E-state index in [4.69, 9.17) is 0 Å². The van der Waals surface area contributed by atoms with E-state index in [0.29, 0.717) is 6.42 Å². The largest absolute Gasteiger partial charge is 0.396 e. The zero-order chi connectivity index (χ0) is 12.8. The zero-order valence-corrected chi connectivity index (χ0v) is 10.5. The van der Waals surface area contributed by atoms with Crippen molar-refractivity contribution in [3.63, 3.8) is 0 Å². The van der Waals surface area contributed by atoms with Crippen molar-refractivity contribution >= 4 is 11.6 Å². The summed E-state index contributed by atoms with van der Waals surface area (Å²) in [5, 5.41) is 9.21. The molecular weight excluding hydrogens is 222 g/mol. The predicted molar refractivity (Wildman–Crippen MR) is 75.0 cm³/mol. The average molecular weight is 239 g/mol. The molecule has 0 bridgehead atoms. The standard InChI is InChI=1S/C16H17NO/c1-13-6-2-3-8-16(13)14(9-11-18)12-15-7-4-5-10-17-15/h2-8,10,12,18H,9,11H2,1H3/b14-12-. The summed E-state index contributed by atoms with van der Waals surface area (Å²) in [6, 6.07) is 14.0. The molecule has 2 rings (SSSR count). The Kier molecular flexibility index (Phi) is 4.26. The van der Waals surface area contributed by atoms with Gasteiger partial charge in [0, 0.05) is 12.8 Å². The maximum absolute atomic E-state index is 9.21. The molecule has 1 N–H and O–H groups in total. The third-order valence-corrected chi connectivity index (χ3v) is 2.88. The fourth-order valence-electron chi connectivity index (χ4n) is 1.98. The van der Waals surface area contributed by atoms with E-state index in [9.17, 15) is 5.11 Å². The molecule has 18 heavy (non-hydrogen) atoms. The Hall–Kier alpha value is -1.93. The Morgan fingerprint density at radius 2 is 1.94 bits per heavy atom. The fourth-order valence-corrected chi connectivity index (χ4v) is 1.98. The molecule has 0 saturated heterocycles. The van der Waals surface area contributed by atoms with Gasteiger partial charge in [-0.25, -0.2) is 0 Å². The summed E-state index contributed by atoms with van der Waals surface area (Å²) < 4.78 is 0. The molecule has 92 valence electrons. The highest BCUT2D eigenvalue weighted by Gasteiger charge is 2.04. The summed E-state index contributed by atoms with van der Waals surface area (Å²) in [5.41, 5.74) is 4.43. The van der Waals surface area contributed by atoms with Gasteiger partial charge in [-0.05, 0) is 48.3 Å².